The summed E-state index contributed by atoms with van der Waals surface area (Å²) in [5, 5.41) is 0. The Morgan fingerprint density at radius 1 is 0.583 bits per heavy atom. The second kappa shape index (κ2) is 20.3. The molecule has 0 aromatic carbocycles. The van der Waals surface area contributed by atoms with E-state index in [-0.39, 0.29) is 10.1 Å². The van der Waals surface area contributed by atoms with Gasteiger partial charge in [0.1, 0.15) is 12.2 Å². The minimum Gasteiger partial charge on any atom is -0.178 e. The molecule has 0 spiro atoms. The van der Waals surface area contributed by atoms with Crippen molar-refractivity contribution < 1.29 is 4.89 Å². The molecule has 1 N–H and O–H groups in total. The highest BCUT2D eigenvalue weighted by Gasteiger charge is 2.11. The van der Waals surface area contributed by atoms with Crippen LogP contribution >= 0.6 is 18.4 Å². The summed E-state index contributed by atoms with van der Waals surface area (Å²) < 4.78 is 0. The molecule has 0 aliphatic carbocycles. The number of hydrogen-bond donors (Lipinski definition) is 2. The number of unbranched alkanes of at least 4 members (excludes halogenated alkanes) is 14. The van der Waals surface area contributed by atoms with Crippen LogP contribution < -0.4 is 0 Å². The Bertz CT molecular complexity index is 269. The van der Waals surface area contributed by atoms with Gasteiger partial charge in [0.2, 0.25) is 0 Å². The van der Waals surface area contributed by atoms with E-state index in [2.05, 4.69) is 26.1 Å². The summed E-state index contributed by atoms with van der Waals surface area (Å²) in [7, 11) is 0.188. The largest absolute Gasteiger partial charge is 0.353 e. The molecule has 0 saturated carbocycles. The third-order valence-electron chi connectivity index (χ3n) is 4.70. The van der Waals surface area contributed by atoms with Crippen molar-refractivity contribution >= 4 is 28.4 Å². The zero-order chi connectivity index (χ0) is 17.9. The molecule has 0 heterocycles. The van der Waals surface area contributed by atoms with Gasteiger partial charge in [-0.25, -0.2) is 0 Å². The summed E-state index contributed by atoms with van der Waals surface area (Å²) in [5.41, 5.74) is 0. The van der Waals surface area contributed by atoms with Crippen molar-refractivity contribution in [2.45, 2.75) is 117 Å². The van der Waals surface area contributed by atoms with E-state index in [4.69, 9.17) is 0 Å². The van der Waals surface area contributed by atoms with Crippen LogP contribution in [0.2, 0.25) is 0 Å². The average Bonchev–Trinajstić information content (AvgIpc) is 2.57. The van der Waals surface area contributed by atoms with E-state index in [9.17, 15) is 4.89 Å². The van der Waals surface area contributed by atoms with Crippen molar-refractivity contribution in [3.05, 3.63) is 0 Å². The van der Waals surface area contributed by atoms with Crippen LogP contribution in [0.3, 0.4) is 0 Å². The molecular weight excluding hydrogens is 351 g/mol. The summed E-state index contributed by atoms with van der Waals surface area (Å²) >= 11 is 4.39. The smallest absolute Gasteiger partial charge is 0.178 e. The van der Waals surface area contributed by atoms with Gasteiger partial charge in [0.25, 0.3) is 0 Å². The summed E-state index contributed by atoms with van der Waals surface area (Å²) in [6.45, 7) is 4.55. The number of hydrogen-bond acceptors (Lipinski definition) is 0. The molecule has 1 nitrogen and oxygen atoms in total. The van der Waals surface area contributed by atoms with Crippen LogP contribution in [0, 0.1) is 0 Å². The minimum atomic E-state index is -1.01. The Morgan fingerprint density at radius 2 is 0.875 bits per heavy atom. The van der Waals surface area contributed by atoms with Crippen LogP contribution in [-0.2, 0) is 10.1 Å². The summed E-state index contributed by atoms with van der Waals surface area (Å²) in [4.78, 5) is 9.95. The van der Waals surface area contributed by atoms with Crippen LogP contribution in [0.25, 0.3) is 0 Å². The molecule has 0 saturated heterocycles. The van der Waals surface area contributed by atoms with Crippen LogP contribution in [0.1, 0.15) is 117 Å². The molecule has 0 rings (SSSR count). The summed E-state index contributed by atoms with van der Waals surface area (Å²) in [6, 6.07) is 0. The molecule has 0 amide bonds. The van der Waals surface area contributed by atoms with Gasteiger partial charge in [-0.1, -0.05) is 104 Å². The lowest BCUT2D eigenvalue weighted by molar-refractivity contribution is 0.584. The van der Waals surface area contributed by atoms with Crippen molar-refractivity contribution in [3.8, 4) is 0 Å². The van der Waals surface area contributed by atoms with Crippen molar-refractivity contribution in [1.29, 1.82) is 0 Å². The monoisotopic (exact) mass is 395 g/mol. The maximum absolute atomic E-state index is 9.95. The highest BCUT2D eigenvalue weighted by Crippen LogP contribution is 2.29. The second-order valence-electron chi connectivity index (χ2n) is 7.07. The molecule has 0 aliphatic rings. The molecule has 0 bridgehead atoms. The average molecular weight is 396 g/mol. The zero-order valence-corrected chi connectivity index (χ0v) is 19.1. The number of thiol groups is 1. The van der Waals surface area contributed by atoms with Crippen LogP contribution in [-0.4, -0.2) is 16.4 Å². The fourth-order valence-electron chi connectivity index (χ4n) is 3.07. The van der Waals surface area contributed by atoms with E-state index in [1.807, 2.05) is 0 Å². The third-order valence-corrected chi connectivity index (χ3v) is 11.2. The lowest BCUT2D eigenvalue weighted by atomic mass is 10.1. The van der Waals surface area contributed by atoms with Gasteiger partial charge in [-0.05, 0) is 12.8 Å². The Labute approximate surface area is 161 Å². The molecule has 1 atom stereocenters. The molecule has 24 heavy (non-hydrogen) atoms. The Balaban J connectivity index is 3.54. The molecule has 0 fully saturated rings. The van der Waals surface area contributed by atoms with E-state index in [1.165, 1.54) is 114 Å². The molecule has 0 aliphatic heterocycles. The predicted molar refractivity (Wildman–Crippen MR) is 120 cm³/mol. The van der Waals surface area contributed by atoms with E-state index in [0.29, 0.717) is 0 Å². The minimum absolute atomic E-state index is 0.188. The number of rotatable bonds is 18. The van der Waals surface area contributed by atoms with E-state index < -0.39 is 6.13 Å². The first kappa shape index (κ1) is 25.0. The van der Waals surface area contributed by atoms with Gasteiger partial charge < -0.3 is 0 Å². The highest BCUT2D eigenvalue weighted by atomic mass is 32.9. The molecule has 0 radical (unpaired) electrons. The fourth-order valence-corrected chi connectivity index (χ4v) is 7.90. The van der Waals surface area contributed by atoms with Gasteiger partial charge in [-0.15, -0.1) is 0 Å². The molecular formula is C20H44OPS2+. The molecule has 0 aromatic rings. The first-order valence-corrected chi connectivity index (χ1v) is 15.2. The summed E-state index contributed by atoms with van der Waals surface area (Å²) in [5.74, 6) is 2.44. The van der Waals surface area contributed by atoms with E-state index in [0.717, 1.165) is 0 Å². The van der Waals surface area contributed by atoms with Gasteiger partial charge >= 0.3 is 6.13 Å². The normalized spacial score (nSPS) is 12.1. The first-order chi connectivity index (χ1) is 11.7. The van der Waals surface area contributed by atoms with Gasteiger partial charge in [-0.2, -0.15) is 4.89 Å². The lowest BCUT2D eigenvalue weighted by Crippen LogP contribution is -2.01. The van der Waals surface area contributed by atoms with E-state index >= 15 is 0 Å². The van der Waals surface area contributed by atoms with Gasteiger partial charge in [-0.3, -0.25) is 0 Å². The first-order valence-electron chi connectivity index (χ1n) is 10.6. The quantitative estimate of drug-likeness (QED) is 0.137. The predicted octanol–water partition coefficient (Wildman–Crippen LogP) is 8.04. The topological polar surface area (TPSA) is 20.2 Å². The SMILES string of the molecule is CCCCCCCCCCS(CCCCCCCCCC)=[P+](O)S. The lowest BCUT2D eigenvalue weighted by Gasteiger charge is -2.05. The van der Waals surface area contributed by atoms with E-state index in [1.54, 1.807) is 0 Å². The summed E-state index contributed by atoms with van der Waals surface area (Å²) in [6.07, 6.45) is 21.0. The Kier molecular flexibility index (Phi) is 21.1. The zero-order valence-electron chi connectivity index (χ0n) is 16.5. The van der Waals surface area contributed by atoms with Crippen LogP contribution in [0.4, 0.5) is 0 Å². The molecule has 146 valence electrons. The van der Waals surface area contributed by atoms with Crippen molar-refractivity contribution in [1.82, 2.24) is 0 Å². The van der Waals surface area contributed by atoms with Gasteiger partial charge in [0.05, 0.1) is 0 Å². The highest BCUT2D eigenvalue weighted by molar-refractivity contribution is 8.60. The molecule has 0 aromatic heterocycles. The molecule has 4 heteroatoms. The second-order valence-corrected chi connectivity index (χ2v) is 13.9. The fraction of sp³-hybridized carbons (Fsp3) is 1.00. The molecule has 1 unspecified atom stereocenters. The third kappa shape index (κ3) is 17.8. The van der Waals surface area contributed by atoms with Crippen LogP contribution in [0.5, 0.6) is 0 Å². The maximum Gasteiger partial charge on any atom is 0.353 e. The Morgan fingerprint density at radius 3 is 1.17 bits per heavy atom. The van der Waals surface area contributed by atoms with Crippen LogP contribution in [0.15, 0.2) is 0 Å². The van der Waals surface area contributed by atoms with Gasteiger partial charge in [0, 0.05) is 21.6 Å². The Hall–Kier alpha value is 0.960. The van der Waals surface area contributed by atoms with Gasteiger partial charge in [0.15, 0.2) is 0 Å². The maximum atomic E-state index is 9.95. The van der Waals surface area contributed by atoms with Crippen molar-refractivity contribution in [2.75, 3.05) is 11.5 Å². The van der Waals surface area contributed by atoms with Crippen molar-refractivity contribution in [3.63, 3.8) is 0 Å². The van der Waals surface area contributed by atoms with Crippen molar-refractivity contribution in [2.24, 2.45) is 0 Å². The standard InChI is InChI=1S/C20H44OPS2/c1-3-5-7-9-11-13-15-17-19-24(22(21)23)20-18-16-14-12-10-8-6-4-2/h21,23H,3-20H2,1-2H3/q+1.